The topological polar surface area (TPSA) is 34.1 Å². The van der Waals surface area contributed by atoms with Gasteiger partial charge in [0.2, 0.25) is 5.78 Å². The number of Topliss-reactive ketones (excluding diaryl/α,β-unsaturated/α-hetero) is 2. The van der Waals surface area contributed by atoms with Gasteiger partial charge in [-0.1, -0.05) is 13.8 Å². The third-order valence-electron chi connectivity index (χ3n) is 1.81. The molecule has 1 unspecified atom stereocenters. The molecular weight excluding hydrogens is 185 g/mol. The normalized spacial score (nSPS) is 13.9. The van der Waals surface area contributed by atoms with E-state index >= 15 is 0 Å². The first-order valence-electron chi connectivity index (χ1n) is 3.91. The Bertz CT molecular complexity index is 208. The lowest BCUT2D eigenvalue weighted by molar-refractivity contribution is -0.172. The molecule has 0 fully saturated rings. The lowest BCUT2D eigenvalue weighted by Gasteiger charge is -2.07. The fourth-order valence-corrected chi connectivity index (χ4v) is 0.660. The van der Waals surface area contributed by atoms with Gasteiger partial charge in [-0.05, 0) is 6.42 Å². The van der Waals surface area contributed by atoms with E-state index in [1.54, 1.807) is 6.92 Å². The van der Waals surface area contributed by atoms with Crippen molar-refractivity contribution in [1.29, 1.82) is 0 Å². The number of rotatable bonds is 4. The first-order valence-corrected chi connectivity index (χ1v) is 3.91. The molecule has 5 heteroatoms. The van der Waals surface area contributed by atoms with E-state index in [0.29, 0.717) is 6.42 Å². The first kappa shape index (κ1) is 12.1. The minimum atomic E-state index is -4.89. The van der Waals surface area contributed by atoms with Crippen molar-refractivity contribution >= 4 is 11.6 Å². The van der Waals surface area contributed by atoms with Crippen LogP contribution in [0.25, 0.3) is 0 Å². The van der Waals surface area contributed by atoms with E-state index in [4.69, 9.17) is 0 Å². The molecule has 0 aromatic rings. The number of carbonyl (C=O) groups excluding carboxylic acids is 2. The molecule has 0 bridgehead atoms. The third-order valence-corrected chi connectivity index (χ3v) is 1.81. The summed E-state index contributed by atoms with van der Waals surface area (Å²) >= 11 is 0. The zero-order valence-corrected chi connectivity index (χ0v) is 7.44. The van der Waals surface area contributed by atoms with Crippen molar-refractivity contribution in [3.63, 3.8) is 0 Å². The molecule has 0 saturated heterocycles. The van der Waals surface area contributed by atoms with Gasteiger partial charge >= 0.3 is 6.18 Å². The molecule has 0 aliphatic carbocycles. The van der Waals surface area contributed by atoms with E-state index in [1.807, 2.05) is 0 Å². The summed E-state index contributed by atoms with van der Waals surface area (Å²) < 4.78 is 35.0. The second-order valence-electron chi connectivity index (χ2n) is 2.87. The number of hydrogen-bond donors (Lipinski definition) is 0. The second kappa shape index (κ2) is 4.39. The molecule has 0 N–H and O–H groups in total. The molecule has 0 amide bonds. The molecule has 0 heterocycles. The fourth-order valence-electron chi connectivity index (χ4n) is 0.660. The van der Waals surface area contributed by atoms with Gasteiger partial charge in [0, 0.05) is 5.92 Å². The Hall–Kier alpha value is -0.870. The second-order valence-corrected chi connectivity index (χ2v) is 2.87. The van der Waals surface area contributed by atoms with Crippen LogP contribution >= 0.6 is 0 Å². The van der Waals surface area contributed by atoms with Crippen LogP contribution < -0.4 is 0 Å². The lowest BCUT2D eigenvalue weighted by atomic mass is 9.99. The highest BCUT2D eigenvalue weighted by atomic mass is 19.4. The average molecular weight is 196 g/mol. The largest absolute Gasteiger partial charge is 0.450 e. The number of hydrogen-bond acceptors (Lipinski definition) is 2. The predicted octanol–water partition coefficient (Wildman–Crippen LogP) is 2.12. The summed E-state index contributed by atoms with van der Waals surface area (Å²) in [6, 6.07) is 0. The molecule has 0 rings (SSSR count). The van der Waals surface area contributed by atoms with E-state index < -0.39 is 30.1 Å². The minimum absolute atomic E-state index is 0.448. The van der Waals surface area contributed by atoms with Crippen LogP contribution in [0.3, 0.4) is 0 Å². The number of carbonyl (C=O) groups is 2. The molecule has 0 aliphatic rings. The van der Waals surface area contributed by atoms with Crippen molar-refractivity contribution in [1.82, 2.24) is 0 Å². The van der Waals surface area contributed by atoms with Crippen molar-refractivity contribution in [2.75, 3.05) is 0 Å². The molecule has 0 spiro atoms. The minimum Gasteiger partial charge on any atom is -0.299 e. The third kappa shape index (κ3) is 4.05. The standard InChI is InChI=1S/C8H11F3O2/c1-3-5(2)6(12)4-7(13)8(9,10)11/h5H,3-4H2,1-2H3. The highest BCUT2D eigenvalue weighted by molar-refractivity contribution is 6.02. The van der Waals surface area contributed by atoms with Crippen molar-refractivity contribution in [2.45, 2.75) is 32.9 Å². The number of alkyl halides is 3. The van der Waals surface area contributed by atoms with E-state index in [-0.39, 0.29) is 0 Å². The first-order chi connectivity index (χ1) is 5.79. The maximum atomic E-state index is 11.7. The van der Waals surface area contributed by atoms with E-state index in [2.05, 4.69) is 0 Å². The van der Waals surface area contributed by atoms with Gasteiger partial charge in [-0.3, -0.25) is 9.59 Å². The summed E-state index contributed by atoms with van der Waals surface area (Å²) in [6.07, 6.45) is -5.47. The maximum absolute atomic E-state index is 11.7. The fraction of sp³-hybridized carbons (Fsp3) is 0.750. The van der Waals surface area contributed by atoms with E-state index in [1.165, 1.54) is 6.92 Å². The Balaban J connectivity index is 4.16. The summed E-state index contributed by atoms with van der Waals surface area (Å²) in [4.78, 5) is 21.3. The molecule has 0 aliphatic heterocycles. The van der Waals surface area contributed by atoms with Gasteiger partial charge in [-0.2, -0.15) is 13.2 Å². The van der Waals surface area contributed by atoms with Gasteiger partial charge in [-0.15, -0.1) is 0 Å². The molecule has 76 valence electrons. The van der Waals surface area contributed by atoms with E-state index in [9.17, 15) is 22.8 Å². The van der Waals surface area contributed by atoms with Gasteiger partial charge < -0.3 is 0 Å². The summed E-state index contributed by atoms with van der Waals surface area (Å²) in [7, 11) is 0. The van der Waals surface area contributed by atoms with Crippen molar-refractivity contribution < 1.29 is 22.8 Å². The van der Waals surface area contributed by atoms with Crippen LogP contribution in [0.1, 0.15) is 26.7 Å². The Morgan fingerprint density at radius 3 is 2.08 bits per heavy atom. The zero-order chi connectivity index (χ0) is 10.6. The van der Waals surface area contributed by atoms with Crippen molar-refractivity contribution in [3.05, 3.63) is 0 Å². The molecule has 13 heavy (non-hydrogen) atoms. The average Bonchev–Trinajstić information content (AvgIpc) is 2.01. The molecule has 0 aromatic heterocycles. The van der Waals surface area contributed by atoms with Crippen LogP contribution in [-0.2, 0) is 9.59 Å². The quantitative estimate of drug-likeness (QED) is 0.645. The van der Waals surface area contributed by atoms with Gasteiger partial charge in [0.15, 0.2) is 0 Å². The summed E-state index contributed by atoms with van der Waals surface area (Å²) in [5.41, 5.74) is 0. The molecule has 1 atom stereocenters. The van der Waals surface area contributed by atoms with Crippen LogP contribution in [-0.4, -0.2) is 17.7 Å². The van der Waals surface area contributed by atoms with Gasteiger partial charge in [0.05, 0.1) is 6.42 Å². The zero-order valence-electron chi connectivity index (χ0n) is 7.44. The van der Waals surface area contributed by atoms with Crippen LogP contribution in [0, 0.1) is 5.92 Å². The van der Waals surface area contributed by atoms with Crippen LogP contribution in [0.5, 0.6) is 0 Å². The van der Waals surface area contributed by atoms with Gasteiger partial charge in [0.25, 0.3) is 0 Å². The molecule has 0 radical (unpaired) electrons. The lowest BCUT2D eigenvalue weighted by Crippen LogP contribution is -2.27. The number of halogens is 3. The SMILES string of the molecule is CCC(C)C(=O)CC(=O)C(F)(F)F. The number of ketones is 2. The monoisotopic (exact) mass is 196 g/mol. The van der Waals surface area contributed by atoms with Gasteiger partial charge in [0.1, 0.15) is 5.78 Å². The molecule has 0 aromatic carbocycles. The summed E-state index contributed by atoms with van der Waals surface area (Å²) in [6.45, 7) is 3.19. The van der Waals surface area contributed by atoms with Gasteiger partial charge in [-0.25, -0.2) is 0 Å². The van der Waals surface area contributed by atoms with Crippen LogP contribution in [0.4, 0.5) is 13.2 Å². The van der Waals surface area contributed by atoms with Crippen LogP contribution in [0.2, 0.25) is 0 Å². The highest BCUT2D eigenvalue weighted by Gasteiger charge is 2.39. The highest BCUT2D eigenvalue weighted by Crippen LogP contribution is 2.19. The Morgan fingerprint density at radius 1 is 1.31 bits per heavy atom. The van der Waals surface area contributed by atoms with E-state index in [0.717, 1.165) is 0 Å². The molecule has 0 saturated carbocycles. The molecular formula is C8H11F3O2. The van der Waals surface area contributed by atoms with Crippen molar-refractivity contribution in [3.8, 4) is 0 Å². The van der Waals surface area contributed by atoms with Crippen molar-refractivity contribution in [2.24, 2.45) is 5.92 Å². The predicted molar refractivity (Wildman–Crippen MR) is 40.1 cm³/mol. The Labute approximate surface area is 74.1 Å². The maximum Gasteiger partial charge on any atom is 0.450 e. The molecule has 2 nitrogen and oxygen atoms in total. The Morgan fingerprint density at radius 2 is 1.77 bits per heavy atom. The Kier molecular flexibility index (Phi) is 4.10. The summed E-state index contributed by atoms with van der Waals surface area (Å²) in [5.74, 6) is -3.09. The summed E-state index contributed by atoms with van der Waals surface area (Å²) in [5, 5.41) is 0. The smallest absolute Gasteiger partial charge is 0.299 e. The van der Waals surface area contributed by atoms with Crippen LogP contribution in [0.15, 0.2) is 0 Å².